The third-order valence-electron chi connectivity index (χ3n) is 2.17. The van der Waals surface area contributed by atoms with Gasteiger partial charge in [0.15, 0.2) is 0 Å². The highest BCUT2D eigenvalue weighted by atomic mass is 19.1. The second-order valence-corrected chi connectivity index (χ2v) is 3.45. The third-order valence-corrected chi connectivity index (χ3v) is 2.17. The first-order chi connectivity index (χ1) is 6.52. The number of pyridine rings is 1. The van der Waals surface area contributed by atoms with E-state index in [-0.39, 0.29) is 5.83 Å². The molecule has 1 rings (SSSR count). The number of halogens is 1. The van der Waals surface area contributed by atoms with Gasteiger partial charge in [0.25, 0.3) is 0 Å². The van der Waals surface area contributed by atoms with Crippen LogP contribution in [-0.2, 0) is 0 Å². The SMILES string of the molecule is C/C(F)=C(\C)c1ccc(N(C)C)cn1. The molecule has 0 atom stereocenters. The minimum absolute atomic E-state index is 0.185. The highest BCUT2D eigenvalue weighted by Crippen LogP contribution is 2.18. The van der Waals surface area contributed by atoms with Crippen molar-refractivity contribution in [2.24, 2.45) is 0 Å². The number of nitrogens with zero attached hydrogens (tertiary/aromatic N) is 2. The summed E-state index contributed by atoms with van der Waals surface area (Å²) in [6.45, 7) is 3.17. The molecule has 0 aliphatic heterocycles. The van der Waals surface area contributed by atoms with Gasteiger partial charge < -0.3 is 4.90 Å². The summed E-state index contributed by atoms with van der Waals surface area (Å²) in [5.74, 6) is -0.185. The first-order valence-electron chi connectivity index (χ1n) is 4.49. The topological polar surface area (TPSA) is 16.1 Å². The van der Waals surface area contributed by atoms with Crippen LogP contribution in [0.25, 0.3) is 5.57 Å². The molecule has 1 heterocycles. The molecular weight excluding hydrogens is 179 g/mol. The van der Waals surface area contributed by atoms with Crippen molar-refractivity contribution in [1.82, 2.24) is 4.98 Å². The number of hydrogen-bond acceptors (Lipinski definition) is 2. The summed E-state index contributed by atoms with van der Waals surface area (Å²) >= 11 is 0. The van der Waals surface area contributed by atoms with Crippen molar-refractivity contribution in [1.29, 1.82) is 0 Å². The van der Waals surface area contributed by atoms with Gasteiger partial charge in [-0.25, -0.2) is 4.39 Å². The van der Waals surface area contributed by atoms with Crippen LogP contribution in [0.5, 0.6) is 0 Å². The van der Waals surface area contributed by atoms with Gasteiger partial charge in [-0.2, -0.15) is 0 Å². The van der Waals surface area contributed by atoms with Crippen LogP contribution in [0.1, 0.15) is 19.5 Å². The fraction of sp³-hybridized carbons (Fsp3) is 0.364. The van der Waals surface area contributed by atoms with Crippen LogP contribution in [0.2, 0.25) is 0 Å². The van der Waals surface area contributed by atoms with Crippen LogP contribution >= 0.6 is 0 Å². The van der Waals surface area contributed by atoms with E-state index >= 15 is 0 Å². The maximum Gasteiger partial charge on any atom is 0.102 e. The van der Waals surface area contributed by atoms with E-state index in [9.17, 15) is 4.39 Å². The van der Waals surface area contributed by atoms with Gasteiger partial charge in [0, 0.05) is 19.7 Å². The number of allylic oxidation sites excluding steroid dienone is 2. The molecule has 0 aromatic carbocycles. The Morgan fingerprint density at radius 3 is 2.29 bits per heavy atom. The molecule has 3 heteroatoms. The summed E-state index contributed by atoms with van der Waals surface area (Å²) in [4.78, 5) is 6.14. The van der Waals surface area contributed by atoms with E-state index in [2.05, 4.69) is 4.98 Å². The molecule has 2 nitrogen and oxygen atoms in total. The van der Waals surface area contributed by atoms with E-state index in [0.717, 1.165) is 5.69 Å². The number of rotatable bonds is 2. The first-order valence-corrected chi connectivity index (χ1v) is 4.49. The summed E-state index contributed by atoms with van der Waals surface area (Å²) in [6.07, 6.45) is 1.74. The highest BCUT2D eigenvalue weighted by molar-refractivity contribution is 5.63. The Balaban J connectivity index is 3.00. The van der Waals surface area contributed by atoms with E-state index in [0.29, 0.717) is 11.3 Å². The van der Waals surface area contributed by atoms with Gasteiger partial charge in [-0.05, 0) is 26.0 Å². The Kier molecular flexibility index (Phi) is 3.23. The van der Waals surface area contributed by atoms with E-state index in [1.807, 2.05) is 31.1 Å². The quantitative estimate of drug-likeness (QED) is 0.719. The Labute approximate surface area is 84.1 Å². The maximum atomic E-state index is 12.9. The van der Waals surface area contributed by atoms with Gasteiger partial charge in [-0.1, -0.05) is 0 Å². The monoisotopic (exact) mass is 194 g/mol. The zero-order valence-corrected chi connectivity index (χ0v) is 9.00. The molecule has 0 aliphatic rings. The molecule has 0 aliphatic carbocycles. The lowest BCUT2D eigenvalue weighted by atomic mass is 10.2. The van der Waals surface area contributed by atoms with Crippen molar-refractivity contribution in [2.45, 2.75) is 13.8 Å². The van der Waals surface area contributed by atoms with E-state index in [4.69, 9.17) is 0 Å². The molecule has 0 saturated carbocycles. The van der Waals surface area contributed by atoms with Crippen molar-refractivity contribution in [3.8, 4) is 0 Å². The minimum atomic E-state index is -0.185. The van der Waals surface area contributed by atoms with E-state index < -0.39 is 0 Å². The largest absolute Gasteiger partial charge is 0.376 e. The summed E-state index contributed by atoms with van der Waals surface area (Å²) in [6, 6.07) is 3.75. The number of aromatic nitrogens is 1. The van der Waals surface area contributed by atoms with Crippen molar-refractivity contribution < 1.29 is 4.39 Å². The second kappa shape index (κ2) is 4.22. The van der Waals surface area contributed by atoms with Gasteiger partial charge in [-0.15, -0.1) is 0 Å². The molecular formula is C11H15FN2. The van der Waals surface area contributed by atoms with Crippen LogP contribution in [0.15, 0.2) is 24.2 Å². The zero-order chi connectivity index (χ0) is 10.7. The lowest BCUT2D eigenvalue weighted by molar-refractivity contribution is 0.642. The average molecular weight is 194 g/mol. The molecule has 0 spiro atoms. The Morgan fingerprint density at radius 2 is 1.93 bits per heavy atom. The van der Waals surface area contributed by atoms with Gasteiger partial charge >= 0.3 is 0 Å². The number of hydrogen-bond donors (Lipinski definition) is 0. The molecule has 0 amide bonds. The Hall–Kier alpha value is -1.38. The van der Waals surface area contributed by atoms with Gasteiger partial charge in [0.2, 0.25) is 0 Å². The van der Waals surface area contributed by atoms with E-state index in [1.165, 1.54) is 6.92 Å². The van der Waals surface area contributed by atoms with Crippen molar-refractivity contribution in [3.63, 3.8) is 0 Å². The molecule has 1 aromatic heterocycles. The molecule has 0 fully saturated rings. The van der Waals surface area contributed by atoms with Gasteiger partial charge in [-0.3, -0.25) is 4.98 Å². The molecule has 0 unspecified atom stereocenters. The summed E-state index contributed by atoms with van der Waals surface area (Å²) in [5, 5.41) is 0. The molecule has 14 heavy (non-hydrogen) atoms. The smallest absolute Gasteiger partial charge is 0.102 e. The third kappa shape index (κ3) is 2.31. The lowest BCUT2D eigenvalue weighted by Gasteiger charge is -2.12. The van der Waals surface area contributed by atoms with Crippen LogP contribution in [0.3, 0.4) is 0 Å². The molecule has 0 N–H and O–H groups in total. The standard InChI is InChI=1S/C11H15FN2/c1-8(9(2)12)11-6-5-10(7-13-11)14(3)4/h5-7H,1-4H3/b9-8-. The second-order valence-electron chi connectivity index (χ2n) is 3.45. The van der Waals surface area contributed by atoms with E-state index in [1.54, 1.807) is 13.1 Å². The zero-order valence-electron chi connectivity index (χ0n) is 9.00. The Morgan fingerprint density at radius 1 is 1.29 bits per heavy atom. The lowest BCUT2D eigenvalue weighted by Crippen LogP contribution is -2.08. The highest BCUT2D eigenvalue weighted by Gasteiger charge is 2.02. The minimum Gasteiger partial charge on any atom is -0.376 e. The predicted octanol–water partition coefficient (Wildman–Crippen LogP) is 2.87. The number of anilines is 1. The molecule has 0 radical (unpaired) electrons. The Bertz CT molecular complexity index is 335. The van der Waals surface area contributed by atoms with Gasteiger partial charge in [0.05, 0.1) is 17.6 Å². The fourth-order valence-electron chi connectivity index (χ4n) is 1.05. The fourth-order valence-corrected chi connectivity index (χ4v) is 1.05. The van der Waals surface area contributed by atoms with Crippen LogP contribution in [-0.4, -0.2) is 19.1 Å². The molecule has 0 saturated heterocycles. The van der Waals surface area contributed by atoms with Crippen LogP contribution in [0, 0.1) is 0 Å². The van der Waals surface area contributed by atoms with Crippen molar-refractivity contribution in [2.75, 3.05) is 19.0 Å². The van der Waals surface area contributed by atoms with Crippen LogP contribution < -0.4 is 4.90 Å². The summed E-state index contributed by atoms with van der Waals surface area (Å²) < 4.78 is 12.9. The summed E-state index contributed by atoms with van der Waals surface area (Å²) in [7, 11) is 3.89. The summed E-state index contributed by atoms with van der Waals surface area (Å²) in [5.41, 5.74) is 2.30. The molecule has 76 valence electrons. The van der Waals surface area contributed by atoms with Gasteiger partial charge in [0.1, 0.15) is 5.83 Å². The molecule has 1 aromatic rings. The normalized spacial score (nSPS) is 12.4. The van der Waals surface area contributed by atoms with Crippen molar-refractivity contribution >= 4 is 11.3 Å². The van der Waals surface area contributed by atoms with Crippen molar-refractivity contribution in [3.05, 3.63) is 29.9 Å². The first kappa shape index (κ1) is 10.7. The maximum absolute atomic E-state index is 12.9. The predicted molar refractivity (Wildman–Crippen MR) is 57.9 cm³/mol. The van der Waals surface area contributed by atoms with Crippen LogP contribution in [0.4, 0.5) is 10.1 Å². The molecule has 0 bridgehead atoms. The average Bonchev–Trinajstić information content (AvgIpc) is 2.16.